The van der Waals surface area contributed by atoms with Crippen LogP contribution in [0, 0.1) is 11.3 Å². The molecule has 0 saturated carbocycles. The zero-order valence-corrected chi connectivity index (χ0v) is 12.1. The highest BCUT2D eigenvalue weighted by atomic mass is 16.5. The van der Waals surface area contributed by atoms with Crippen LogP contribution in [-0.4, -0.2) is 26.6 Å². The second-order valence-corrected chi connectivity index (χ2v) is 4.36. The number of rotatable bonds is 7. The maximum atomic E-state index is 10.8. The van der Waals surface area contributed by atoms with Crippen molar-refractivity contribution < 1.29 is 19.0 Å². The van der Waals surface area contributed by atoms with Crippen molar-refractivity contribution in [3.63, 3.8) is 0 Å². The van der Waals surface area contributed by atoms with Crippen molar-refractivity contribution in [1.82, 2.24) is 0 Å². The molecule has 0 aliphatic rings. The smallest absolute Gasteiger partial charge is 0.162 e. The third kappa shape index (κ3) is 4.00. The monoisotopic (exact) mass is 297 g/mol. The molecule has 22 heavy (non-hydrogen) atoms. The second-order valence-electron chi connectivity index (χ2n) is 4.36. The molecular weight excluding hydrogens is 282 g/mol. The minimum atomic E-state index is 0.304. The summed E-state index contributed by atoms with van der Waals surface area (Å²) in [5, 5.41) is 8.71. The van der Waals surface area contributed by atoms with Crippen LogP contribution in [0.3, 0.4) is 0 Å². The fourth-order valence-corrected chi connectivity index (χ4v) is 1.82. The van der Waals surface area contributed by atoms with Crippen molar-refractivity contribution in [3.05, 3.63) is 53.6 Å². The number of carbonyl (C=O) groups excluding carboxylic acids is 1. The molecule has 0 radical (unpaired) electrons. The molecule has 0 aliphatic carbocycles. The van der Waals surface area contributed by atoms with Crippen LogP contribution in [0.2, 0.25) is 0 Å². The highest BCUT2D eigenvalue weighted by Gasteiger charge is 2.05. The summed E-state index contributed by atoms with van der Waals surface area (Å²) in [6.45, 7) is 0.638. The van der Waals surface area contributed by atoms with Crippen LogP contribution in [0.1, 0.15) is 15.9 Å². The van der Waals surface area contributed by atoms with Crippen LogP contribution in [0.4, 0.5) is 0 Å². The van der Waals surface area contributed by atoms with E-state index in [1.807, 2.05) is 6.07 Å². The summed E-state index contributed by atoms with van der Waals surface area (Å²) in [5.74, 6) is 1.72. The van der Waals surface area contributed by atoms with Crippen molar-refractivity contribution in [2.24, 2.45) is 0 Å². The molecule has 0 aliphatic heterocycles. The maximum Gasteiger partial charge on any atom is 0.162 e. The number of methoxy groups -OCH3 is 1. The number of aldehydes is 1. The van der Waals surface area contributed by atoms with Crippen LogP contribution in [0.5, 0.6) is 17.2 Å². The van der Waals surface area contributed by atoms with Gasteiger partial charge in [-0.05, 0) is 42.5 Å². The van der Waals surface area contributed by atoms with Gasteiger partial charge in [0.2, 0.25) is 0 Å². The van der Waals surface area contributed by atoms with Gasteiger partial charge in [0.25, 0.3) is 0 Å². The molecule has 0 amide bonds. The Morgan fingerprint density at radius 1 is 1.05 bits per heavy atom. The average Bonchev–Trinajstić information content (AvgIpc) is 2.59. The summed E-state index contributed by atoms with van der Waals surface area (Å²) in [7, 11) is 1.54. The van der Waals surface area contributed by atoms with Gasteiger partial charge in [-0.3, -0.25) is 4.79 Å². The average molecular weight is 297 g/mol. The molecule has 112 valence electrons. The van der Waals surface area contributed by atoms with Crippen molar-refractivity contribution in [3.8, 4) is 23.3 Å². The number of hydrogen-bond donors (Lipinski definition) is 0. The number of carbonyl (C=O) groups is 1. The fourth-order valence-electron chi connectivity index (χ4n) is 1.82. The van der Waals surface area contributed by atoms with E-state index < -0.39 is 0 Å². The van der Waals surface area contributed by atoms with Crippen LogP contribution >= 0.6 is 0 Å². The van der Waals surface area contributed by atoms with E-state index in [1.165, 1.54) is 7.11 Å². The maximum absolute atomic E-state index is 10.8. The van der Waals surface area contributed by atoms with Gasteiger partial charge in [0.15, 0.2) is 11.5 Å². The van der Waals surface area contributed by atoms with Gasteiger partial charge in [-0.15, -0.1) is 0 Å². The van der Waals surface area contributed by atoms with E-state index >= 15 is 0 Å². The van der Waals surface area contributed by atoms with Crippen LogP contribution in [0.15, 0.2) is 42.5 Å². The zero-order valence-electron chi connectivity index (χ0n) is 12.1. The molecule has 0 atom stereocenters. The first-order valence-corrected chi connectivity index (χ1v) is 6.66. The lowest BCUT2D eigenvalue weighted by atomic mass is 10.2. The van der Waals surface area contributed by atoms with Gasteiger partial charge in [-0.25, -0.2) is 0 Å². The molecule has 2 aromatic carbocycles. The molecule has 0 fully saturated rings. The normalized spacial score (nSPS) is 9.64. The molecule has 0 N–H and O–H groups in total. The lowest BCUT2D eigenvalue weighted by molar-refractivity contribution is 0.112. The highest BCUT2D eigenvalue weighted by molar-refractivity contribution is 5.76. The molecule has 5 nitrogen and oxygen atoms in total. The predicted molar refractivity (Wildman–Crippen MR) is 80.5 cm³/mol. The SMILES string of the molecule is COc1ccc(C=O)cc1OCCOc1ccc(C#N)cc1. The van der Waals surface area contributed by atoms with E-state index in [4.69, 9.17) is 19.5 Å². The Morgan fingerprint density at radius 2 is 1.77 bits per heavy atom. The van der Waals surface area contributed by atoms with Crippen LogP contribution in [-0.2, 0) is 0 Å². The first-order valence-electron chi connectivity index (χ1n) is 6.66. The summed E-state index contributed by atoms with van der Waals surface area (Å²) in [6, 6.07) is 13.8. The summed E-state index contributed by atoms with van der Waals surface area (Å²) in [6.07, 6.45) is 0.750. The number of nitriles is 1. The number of ether oxygens (including phenoxy) is 3. The number of benzene rings is 2. The molecule has 0 heterocycles. The second kappa shape index (κ2) is 7.70. The molecule has 0 saturated heterocycles. The Morgan fingerprint density at radius 3 is 2.41 bits per heavy atom. The topological polar surface area (TPSA) is 68.6 Å². The van der Waals surface area contributed by atoms with Crippen molar-refractivity contribution in [1.29, 1.82) is 5.26 Å². The highest BCUT2D eigenvalue weighted by Crippen LogP contribution is 2.27. The third-order valence-electron chi connectivity index (χ3n) is 2.92. The third-order valence-corrected chi connectivity index (χ3v) is 2.92. The standard InChI is InChI=1S/C17H15NO4/c1-20-16-7-4-14(12-19)10-17(16)22-9-8-21-15-5-2-13(11-18)3-6-15/h2-7,10,12H,8-9H2,1H3. The van der Waals surface area contributed by atoms with Gasteiger partial charge < -0.3 is 14.2 Å². The van der Waals surface area contributed by atoms with Crippen LogP contribution in [0.25, 0.3) is 0 Å². The van der Waals surface area contributed by atoms with Gasteiger partial charge in [0, 0.05) is 5.56 Å². The predicted octanol–water partition coefficient (Wildman–Crippen LogP) is 2.84. The van der Waals surface area contributed by atoms with Crippen molar-refractivity contribution >= 4 is 6.29 Å². The molecule has 2 rings (SSSR count). The van der Waals surface area contributed by atoms with E-state index in [1.54, 1.807) is 42.5 Å². The van der Waals surface area contributed by atoms with Gasteiger partial charge in [0.05, 0.1) is 18.7 Å². The minimum Gasteiger partial charge on any atom is -0.493 e. The van der Waals surface area contributed by atoms with E-state index in [-0.39, 0.29) is 0 Å². The van der Waals surface area contributed by atoms with Gasteiger partial charge in [-0.2, -0.15) is 5.26 Å². The molecule has 0 bridgehead atoms. The van der Waals surface area contributed by atoms with E-state index in [2.05, 4.69) is 0 Å². The number of hydrogen-bond acceptors (Lipinski definition) is 5. The van der Waals surface area contributed by atoms with E-state index in [9.17, 15) is 4.79 Å². The Labute approximate surface area is 128 Å². The quantitative estimate of drug-likeness (QED) is 0.580. The molecule has 0 aromatic heterocycles. The first-order chi connectivity index (χ1) is 10.8. The Kier molecular flexibility index (Phi) is 5.38. The van der Waals surface area contributed by atoms with Crippen molar-refractivity contribution in [2.75, 3.05) is 20.3 Å². The lowest BCUT2D eigenvalue weighted by Gasteiger charge is -2.11. The Balaban J connectivity index is 1.88. The zero-order chi connectivity index (χ0) is 15.8. The molecule has 5 heteroatoms. The van der Waals surface area contributed by atoms with Gasteiger partial charge >= 0.3 is 0 Å². The lowest BCUT2D eigenvalue weighted by Crippen LogP contribution is -2.09. The first kappa shape index (κ1) is 15.4. The largest absolute Gasteiger partial charge is 0.493 e. The summed E-state index contributed by atoms with van der Waals surface area (Å²) in [5.41, 5.74) is 1.10. The molecular formula is C17H15NO4. The van der Waals surface area contributed by atoms with Crippen molar-refractivity contribution in [2.45, 2.75) is 0 Å². The van der Waals surface area contributed by atoms with E-state index in [0.29, 0.717) is 41.6 Å². The molecule has 0 spiro atoms. The summed E-state index contributed by atoms with van der Waals surface area (Å²) < 4.78 is 16.3. The Hall–Kier alpha value is -3.00. The van der Waals surface area contributed by atoms with Crippen LogP contribution < -0.4 is 14.2 Å². The summed E-state index contributed by atoms with van der Waals surface area (Å²) >= 11 is 0. The summed E-state index contributed by atoms with van der Waals surface area (Å²) in [4.78, 5) is 10.8. The molecule has 2 aromatic rings. The Bertz CT molecular complexity index is 674. The minimum absolute atomic E-state index is 0.304. The van der Waals surface area contributed by atoms with E-state index in [0.717, 1.165) is 6.29 Å². The van der Waals surface area contributed by atoms with Gasteiger partial charge in [0.1, 0.15) is 25.2 Å². The molecule has 0 unspecified atom stereocenters. The van der Waals surface area contributed by atoms with Gasteiger partial charge in [-0.1, -0.05) is 0 Å². The number of nitrogens with zero attached hydrogens (tertiary/aromatic N) is 1. The fraction of sp³-hybridized carbons (Fsp3) is 0.176.